The first kappa shape index (κ1) is 6.92. The molecule has 1 radical (unpaired) electrons. The Morgan fingerprint density at radius 1 is 1.29 bits per heavy atom. The van der Waals surface area contributed by atoms with E-state index in [9.17, 15) is 0 Å². The summed E-state index contributed by atoms with van der Waals surface area (Å²) in [4.78, 5) is 0. The molecule has 0 N–H and O–H groups in total. The fourth-order valence-electron chi connectivity index (χ4n) is 0.506. The summed E-state index contributed by atoms with van der Waals surface area (Å²) in [5, 5.41) is 2.00. The number of nitrogens with zero attached hydrogens (tertiary/aromatic N) is 2. The largest absolute Gasteiger partial charge is 0.228 e. The molecule has 0 amide bonds. The minimum atomic E-state index is 1.02. The highest BCUT2D eigenvalue weighted by molar-refractivity contribution is 4.36. The molecule has 0 heterocycles. The van der Waals surface area contributed by atoms with Gasteiger partial charge in [0, 0.05) is 20.1 Å². The van der Waals surface area contributed by atoms with Gasteiger partial charge in [-0.15, -0.1) is 0 Å². The van der Waals surface area contributed by atoms with Gasteiger partial charge in [-0.3, -0.25) is 0 Å². The molecule has 0 bridgehead atoms. The lowest BCUT2D eigenvalue weighted by Crippen LogP contribution is -2.28. The van der Waals surface area contributed by atoms with Crippen LogP contribution in [-0.4, -0.2) is 25.1 Å². The Morgan fingerprint density at radius 3 is 1.71 bits per heavy atom. The first-order valence-electron chi connectivity index (χ1n) is 2.69. The lowest BCUT2D eigenvalue weighted by Gasteiger charge is -2.12. The summed E-state index contributed by atoms with van der Waals surface area (Å²) in [6.45, 7) is 6.23. The predicted octanol–water partition coefficient (Wildman–Crippen LogP) is 0.477. The summed E-state index contributed by atoms with van der Waals surface area (Å²) in [7, 11) is 1.81. The second kappa shape index (κ2) is 4.09. The maximum Gasteiger partial charge on any atom is 0.0193 e. The van der Waals surface area contributed by atoms with E-state index in [1.54, 1.807) is 0 Å². The highest BCUT2D eigenvalue weighted by Gasteiger charge is 1.90. The maximum absolute atomic E-state index is 3.96. The molecule has 0 saturated carbocycles. The summed E-state index contributed by atoms with van der Waals surface area (Å²) < 4.78 is 0. The molecule has 0 aliphatic carbocycles. The van der Waals surface area contributed by atoms with Crippen LogP contribution in [0.2, 0.25) is 0 Å². The van der Waals surface area contributed by atoms with Gasteiger partial charge < -0.3 is 0 Å². The van der Waals surface area contributed by atoms with Crippen LogP contribution in [0.15, 0.2) is 0 Å². The summed E-state index contributed by atoms with van der Waals surface area (Å²) in [6, 6.07) is 0. The van der Waals surface area contributed by atoms with E-state index in [-0.39, 0.29) is 0 Å². The second-order valence-corrected chi connectivity index (χ2v) is 1.34. The van der Waals surface area contributed by atoms with Gasteiger partial charge in [0.05, 0.1) is 0 Å². The molecule has 0 aliphatic rings. The quantitative estimate of drug-likeness (QED) is 0.472. The van der Waals surface area contributed by atoms with Crippen LogP contribution in [0, 0.1) is 0 Å². The number of rotatable bonds is 3. The number of hydrogen-bond acceptors (Lipinski definition) is 1. The average Bonchev–Trinajstić information content (AvgIpc) is 1.72. The lowest BCUT2D eigenvalue weighted by atomic mass is 10.6. The molecule has 0 aromatic carbocycles. The zero-order valence-corrected chi connectivity index (χ0v) is 5.31. The molecular formula is C5H13N2. The van der Waals surface area contributed by atoms with Crippen LogP contribution in [0.25, 0.3) is 0 Å². The third-order valence-electron chi connectivity index (χ3n) is 1.01. The van der Waals surface area contributed by atoms with Crippen molar-refractivity contribution in [3.63, 3.8) is 0 Å². The molecule has 0 rings (SSSR count). The molecule has 7 heavy (non-hydrogen) atoms. The summed E-state index contributed by atoms with van der Waals surface area (Å²) >= 11 is 0. The van der Waals surface area contributed by atoms with Crippen LogP contribution < -0.4 is 5.43 Å². The van der Waals surface area contributed by atoms with Crippen LogP contribution in [0.3, 0.4) is 0 Å². The van der Waals surface area contributed by atoms with Crippen LogP contribution in [0.4, 0.5) is 0 Å². The van der Waals surface area contributed by atoms with Crippen molar-refractivity contribution < 1.29 is 0 Å². The van der Waals surface area contributed by atoms with Crippen molar-refractivity contribution in [3.8, 4) is 0 Å². The molecule has 0 aromatic heterocycles. The Balaban J connectivity index is 2.99. The van der Waals surface area contributed by atoms with Gasteiger partial charge in [-0.2, -0.15) is 5.43 Å². The van der Waals surface area contributed by atoms with Gasteiger partial charge in [0.15, 0.2) is 0 Å². The highest BCUT2D eigenvalue weighted by Crippen LogP contribution is 1.76. The predicted molar refractivity (Wildman–Crippen MR) is 31.0 cm³/mol. The molecule has 0 aliphatic heterocycles. The third-order valence-corrected chi connectivity index (χ3v) is 1.01. The van der Waals surface area contributed by atoms with Crippen molar-refractivity contribution >= 4 is 0 Å². The van der Waals surface area contributed by atoms with Gasteiger partial charge in [0.2, 0.25) is 0 Å². The molecule has 0 atom stereocenters. The minimum absolute atomic E-state index is 1.02. The maximum atomic E-state index is 3.96. The van der Waals surface area contributed by atoms with Crippen molar-refractivity contribution in [2.75, 3.05) is 20.1 Å². The SMILES string of the molecule is CCN(CC)[N]C. The molecule has 0 fully saturated rings. The normalized spacial score (nSPS) is 10.3. The van der Waals surface area contributed by atoms with Crippen molar-refractivity contribution in [1.29, 1.82) is 0 Å². The highest BCUT2D eigenvalue weighted by atomic mass is 15.5. The van der Waals surface area contributed by atoms with E-state index >= 15 is 0 Å². The van der Waals surface area contributed by atoms with Crippen LogP contribution in [0.5, 0.6) is 0 Å². The molecule has 0 saturated heterocycles. The summed E-state index contributed by atoms with van der Waals surface area (Å²) in [6.07, 6.45) is 0. The number of hydrogen-bond donors (Lipinski definition) is 0. The van der Waals surface area contributed by atoms with E-state index in [0.717, 1.165) is 13.1 Å². The topological polar surface area (TPSA) is 17.3 Å². The van der Waals surface area contributed by atoms with Gasteiger partial charge in [-0.05, 0) is 0 Å². The minimum Gasteiger partial charge on any atom is -0.228 e. The molecular weight excluding hydrogens is 88.1 g/mol. The van der Waals surface area contributed by atoms with Gasteiger partial charge in [0.1, 0.15) is 0 Å². The first-order chi connectivity index (χ1) is 3.35. The first-order valence-corrected chi connectivity index (χ1v) is 2.69. The van der Waals surface area contributed by atoms with E-state index in [1.807, 2.05) is 12.1 Å². The van der Waals surface area contributed by atoms with Gasteiger partial charge in [0.25, 0.3) is 0 Å². The van der Waals surface area contributed by atoms with Crippen molar-refractivity contribution in [2.24, 2.45) is 0 Å². The fourth-order valence-corrected chi connectivity index (χ4v) is 0.506. The molecule has 0 aromatic rings. The van der Waals surface area contributed by atoms with Crippen molar-refractivity contribution in [3.05, 3.63) is 0 Å². The van der Waals surface area contributed by atoms with E-state index in [4.69, 9.17) is 0 Å². The van der Waals surface area contributed by atoms with Crippen LogP contribution >= 0.6 is 0 Å². The Labute approximate surface area is 45.5 Å². The Hall–Kier alpha value is -0.0800. The molecule has 43 valence electrons. The third kappa shape index (κ3) is 2.60. The molecule has 2 nitrogen and oxygen atoms in total. The Kier molecular flexibility index (Phi) is 4.04. The summed E-state index contributed by atoms with van der Waals surface area (Å²) in [5.74, 6) is 0. The Bertz CT molecular complexity index is 27.6. The Morgan fingerprint density at radius 2 is 1.71 bits per heavy atom. The lowest BCUT2D eigenvalue weighted by molar-refractivity contribution is 0.224. The summed E-state index contributed by atoms with van der Waals surface area (Å²) in [5.41, 5.74) is 3.96. The van der Waals surface area contributed by atoms with E-state index in [1.165, 1.54) is 0 Å². The van der Waals surface area contributed by atoms with Gasteiger partial charge in [-0.1, -0.05) is 13.8 Å². The van der Waals surface area contributed by atoms with Crippen molar-refractivity contribution in [2.45, 2.75) is 13.8 Å². The van der Waals surface area contributed by atoms with Gasteiger partial charge >= 0.3 is 0 Å². The van der Waals surface area contributed by atoms with Gasteiger partial charge in [-0.25, -0.2) is 5.01 Å². The van der Waals surface area contributed by atoms with Crippen molar-refractivity contribution in [1.82, 2.24) is 10.4 Å². The standard InChI is InChI=1S/C5H13N2/c1-4-7(5-2)6-3/h4-5H2,1-3H3. The average molecular weight is 101 g/mol. The monoisotopic (exact) mass is 101 g/mol. The van der Waals surface area contributed by atoms with Crippen LogP contribution in [0.1, 0.15) is 13.8 Å². The molecule has 0 unspecified atom stereocenters. The molecule has 0 spiro atoms. The molecule has 2 heteroatoms. The zero-order chi connectivity index (χ0) is 5.70. The van der Waals surface area contributed by atoms with Crippen LogP contribution in [-0.2, 0) is 0 Å². The second-order valence-electron chi connectivity index (χ2n) is 1.34. The zero-order valence-electron chi connectivity index (χ0n) is 5.31. The fraction of sp³-hybridized carbons (Fsp3) is 1.00. The van der Waals surface area contributed by atoms with E-state index in [0.29, 0.717) is 0 Å². The van der Waals surface area contributed by atoms with E-state index < -0.39 is 0 Å². The van der Waals surface area contributed by atoms with E-state index in [2.05, 4.69) is 19.3 Å². The smallest absolute Gasteiger partial charge is 0.0193 e.